The maximum absolute atomic E-state index is 14.0. The average Bonchev–Trinajstić information content (AvgIpc) is 3.21. The van der Waals surface area contributed by atoms with Crippen LogP contribution >= 0.6 is 15.9 Å². The number of anilines is 2. The predicted molar refractivity (Wildman–Crippen MR) is 130 cm³/mol. The molecule has 0 atom stereocenters. The van der Waals surface area contributed by atoms with Gasteiger partial charge in [-0.25, -0.2) is 17.5 Å². The predicted octanol–water partition coefficient (Wildman–Crippen LogP) is 1.57. The van der Waals surface area contributed by atoms with Crippen LogP contribution in [0.15, 0.2) is 45.8 Å². The molecule has 2 N–H and O–H groups in total. The Bertz CT molecular complexity index is 1140. The van der Waals surface area contributed by atoms with Crippen molar-refractivity contribution in [3.8, 4) is 0 Å². The van der Waals surface area contributed by atoms with Crippen molar-refractivity contribution < 1.29 is 22.5 Å². The van der Waals surface area contributed by atoms with Crippen LogP contribution in [0.1, 0.15) is 18.9 Å². The minimum Gasteiger partial charge on any atom is -0.358 e. The summed E-state index contributed by atoms with van der Waals surface area (Å²) in [5, 5.41) is 0. The van der Waals surface area contributed by atoms with Gasteiger partial charge in [0.1, 0.15) is 10.7 Å². The minimum absolute atomic E-state index is 0.144. The maximum Gasteiger partial charge on any atom is 0.242 e. The Hall–Kier alpha value is -2.01. The van der Waals surface area contributed by atoms with E-state index in [1.54, 1.807) is 18.2 Å². The Morgan fingerprint density at radius 2 is 1.91 bits per heavy atom. The van der Waals surface area contributed by atoms with E-state index in [1.165, 1.54) is 22.8 Å². The quantitative estimate of drug-likeness (QED) is 0.524. The number of para-hydroxylation sites is 1. The normalized spacial score (nSPS) is 16.8. The molecule has 2 heterocycles. The number of benzene rings is 2. The minimum atomic E-state index is -3.76. The van der Waals surface area contributed by atoms with Crippen molar-refractivity contribution in [1.82, 2.24) is 4.72 Å². The van der Waals surface area contributed by atoms with Gasteiger partial charge in [0.25, 0.3) is 0 Å². The molecule has 0 spiro atoms. The van der Waals surface area contributed by atoms with Crippen LogP contribution in [0.4, 0.5) is 15.8 Å². The third kappa shape index (κ3) is 5.40. The first-order valence-corrected chi connectivity index (χ1v) is 13.5. The van der Waals surface area contributed by atoms with Crippen LogP contribution in [0.3, 0.4) is 0 Å². The molecule has 2 aromatic carbocycles. The SMILES string of the molecule is CC(=O)N1CCc2cc(Br)cc(S(=O)(=O)NCCC[NH+]3CCN(c4ccccc4F)CC3)c21. The molecule has 0 radical (unpaired) electrons. The van der Waals surface area contributed by atoms with Crippen molar-refractivity contribution in [3.05, 3.63) is 52.3 Å². The van der Waals surface area contributed by atoms with Gasteiger partial charge in [0.05, 0.1) is 44.1 Å². The van der Waals surface area contributed by atoms with Gasteiger partial charge in [0.2, 0.25) is 15.9 Å². The van der Waals surface area contributed by atoms with E-state index in [0.717, 1.165) is 38.3 Å². The Balaban J connectivity index is 1.31. The summed E-state index contributed by atoms with van der Waals surface area (Å²) in [4.78, 5) is 17.1. The topological polar surface area (TPSA) is 74.2 Å². The largest absolute Gasteiger partial charge is 0.358 e. The molecule has 0 aliphatic carbocycles. The number of piperazine rings is 1. The van der Waals surface area contributed by atoms with Crippen molar-refractivity contribution in [3.63, 3.8) is 0 Å². The third-order valence-electron chi connectivity index (χ3n) is 6.33. The number of sulfonamides is 1. The molecule has 0 saturated carbocycles. The fourth-order valence-corrected chi connectivity index (χ4v) is 6.64. The number of nitrogens with zero attached hydrogens (tertiary/aromatic N) is 2. The number of amides is 1. The molecule has 1 amide bonds. The highest BCUT2D eigenvalue weighted by atomic mass is 79.9. The van der Waals surface area contributed by atoms with Crippen LogP contribution in [-0.4, -0.2) is 60.1 Å². The van der Waals surface area contributed by atoms with Gasteiger partial charge in [-0.15, -0.1) is 0 Å². The molecule has 2 aliphatic heterocycles. The summed E-state index contributed by atoms with van der Waals surface area (Å²) < 4.78 is 43.6. The molecule has 4 rings (SSSR count). The molecular weight excluding hydrogens is 511 g/mol. The molecule has 1 saturated heterocycles. The molecule has 178 valence electrons. The van der Waals surface area contributed by atoms with Crippen LogP contribution in [0.25, 0.3) is 0 Å². The Morgan fingerprint density at radius 1 is 1.18 bits per heavy atom. The maximum atomic E-state index is 14.0. The molecule has 1 fully saturated rings. The van der Waals surface area contributed by atoms with E-state index in [0.29, 0.717) is 41.8 Å². The number of rotatable bonds is 7. The fourth-order valence-electron chi connectivity index (χ4n) is 4.63. The van der Waals surface area contributed by atoms with Crippen LogP contribution in [0.2, 0.25) is 0 Å². The van der Waals surface area contributed by atoms with Crippen molar-refractivity contribution in [2.24, 2.45) is 0 Å². The van der Waals surface area contributed by atoms with Crippen LogP contribution in [0, 0.1) is 5.82 Å². The van der Waals surface area contributed by atoms with Crippen molar-refractivity contribution >= 4 is 43.2 Å². The second-order valence-corrected chi connectivity index (χ2v) is 11.2. The summed E-state index contributed by atoms with van der Waals surface area (Å²) in [6, 6.07) is 10.3. The van der Waals surface area contributed by atoms with E-state index in [2.05, 4.69) is 25.6 Å². The lowest BCUT2D eigenvalue weighted by atomic mass is 10.2. The lowest BCUT2D eigenvalue weighted by Gasteiger charge is -2.33. The number of hydrogen-bond donors (Lipinski definition) is 2. The zero-order valence-corrected chi connectivity index (χ0v) is 21.0. The molecule has 10 heteroatoms. The molecular formula is C23H29BrFN4O3S+. The smallest absolute Gasteiger partial charge is 0.242 e. The zero-order valence-electron chi connectivity index (χ0n) is 18.6. The van der Waals surface area contributed by atoms with E-state index >= 15 is 0 Å². The number of hydrogen-bond acceptors (Lipinski definition) is 4. The Labute approximate surface area is 202 Å². The van der Waals surface area contributed by atoms with Gasteiger partial charge in [-0.2, -0.15) is 0 Å². The second kappa shape index (κ2) is 10.1. The van der Waals surface area contributed by atoms with Gasteiger partial charge in [-0.3, -0.25) is 4.79 Å². The summed E-state index contributed by atoms with van der Waals surface area (Å²) in [6.07, 6.45) is 1.33. The molecule has 0 aromatic heterocycles. The third-order valence-corrected chi connectivity index (χ3v) is 8.26. The number of nitrogens with one attached hydrogen (secondary N) is 2. The summed E-state index contributed by atoms with van der Waals surface area (Å²) in [6.45, 7) is 6.41. The monoisotopic (exact) mass is 539 g/mol. The standard InChI is InChI=1S/C23H28BrFN4O3S/c1-17(30)29-10-7-18-15-19(24)16-22(23(18)29)33(31,32)26-8-4-9-27-11-13-28(14-12-27)21-6-3-2-5-20(21)25/h2-3,5-6,15-16,26H,4,7-14H2,1H3/p+1. The van der Waals surface area contributed by atoms with E-state index in [1.807, 2.05) is 12.1 Å². The molecule has 2 aliphatic rings. The van der Waals surface area contributed by atoms with Gasteiger partial charge < -0.3 is 14.7 Å². The lowest BCUT2D eigenvalue weighted by molar-refractivity contribution is -0.900. The number of halogens is 2. The van der Waals surface area contributed by atoms with Crippen molar-refractivity contribution in [2.75, 3.05) is 55.6 Å². The Morgan fingerprint density at radius 3 is 2.61 bits per heavy atom. The first kappa shape index (κ1) is 24.1. The van der Waals surface area contributed by atoms with E-state index in [-0.39, 0.29) is 16.6 Å². The van der Waals surface area contributed by atoms with Crippen LogP contribution in [-0.2, 0) is 21.2 Å². The Kier molecular flexibility index (Phi) is 7.37. The first-order chi connectivity index (χ1) is 15.8. The molecule has 0 bridgehead atoms. The second-order valence-electron chi connectivity index (χ2n) is 8.52. The number of fused-ring (bicyclic) bond motifs is 1. The highest BCUT2D eigenvalue weighted by molar-refractivity contribution is 9.10. The van der Waals surface area contributed by atoms with Gasteiger partial charge >= 0.3 is 0 Å². The average molecular weight is 540 g/mol. The summed E-state index contributed by atoms with van der Waals surface area (Å²) in [7, 11) is -3.76. The fraction of sp³-hybridized carbons (Fsp3) is 0.435. The molecule has 33 heavy (non-hydrogen) atoms. The highest BCUT2D eigenvalue weighted by Gasteiger charge is 2.31. The summed E-state index contributed by atoms with van der Waals surface area (Å²) >= 11 is 3.40. The summed E-state index contributed by atoms with van der Waals surface area (Å²) in [5.74, 6) is -0.358. The summed E-state index contributed by atoms with van der Waals surface area (Å²) in [5.41, 5.74) is 2.00. The molecule has 2 aromatic rings. The number of carbonyl (C=O) groups is 1. The number of carbonyl (C=O) groups excluding carboxylic acids is 1. The number of quaternary nitrogens is 1. The van der Waals surface area contributed by atoms with E-state index < -0.39 is 10.0 Å². The molecule has 0 unspecified atom stereocenters. The van der Waals surface area contributed by atoms with Crippen molar-refractivity contribution in [1.29, 1.82) is 0 Å². The van der Waals surface area contributed by atoms with Crippen LogP contribution < -0.4 is 19.4 Å². The molecule has 7 nitrogen and oxygen atoms in total. The van der Waals surface area contributed by atoms with Gasteiger partial charge in [-0.1, -0.05) is 28.1 Å². The highest BCUT2D eigenvalue weighted by Crippen LogP contribution is 2.37. The lowest BCUT2D eigenvalue weighted by Crippen LogP contribution is -3.15. The van der Waals surface area contributed by atoms with Gasteiger partial charge in [0, 0.05) is 30.9 Å². The zero-order chi connectivity index (χ0) is 23.6. The first-order valence-electron chi connectivity index (χ1n) is 11.2. The van der Waals surface area contributed by atoms with Crippen molar-refractivity contribution in [2.45, 2.75) is 24.7 Å². The van der Waals surface area contributed by atoms with E-state index in [9.17, 15) is 17.6 Å². The van der Waals surface area contributed by atoms with Gasteiger partial charge in [-0.05, 0) is 36.2 Å². The van der Waals surface area contributed by atoms with Gasteiger partial charge in [0.15, 0.2) is 0 Å². The van der Waals surface area contributed by atoms with Crippen LogP contribution in [0.5, 0.6) is 0 Å². The van der Waals surface area contributed by atoms with E-state index in [4.69, 9.17) is 0 Å².